The van der Waals surface area contributed by atoms with Gasteiger partial charge in [0, 0.05) is 24.5 Å². The number of carbonyl (C=O) groups is 2. The lowest BCUT2D eigenvalue weighted by Crippen LogP contribution is -2.48. The van der Waals surface area contributed by atoms with E-state index in [1.807, 2.05) is 0 Å². The zero-order chi connectivity index (χ0) is 24.8. The van der Waals surface area contributed by atoms with Crippen molar-refractivity contribution in [2.75, 3.05) is 18.1 Å². The predicted molar refractivity (Wildman–Crippen MR) is 129 cm³/mol. The monoisotopic (exact) mass is 576 g/mol. The van der Waals surface area contributed by atoms with E-state index in [9.17, 15) is 9.59 Å². The van der Waals surface area contributed by atoms with E-state index >= 15 is 0 Å². The lowest BCUT2D eigenvalue weighted by Gasteiger charge is -2.34. The lowest BCUT2D eigenvalue weighted by molar-refractivity contribution is -0.125. The second-order valence-corrected chi connectivity index (χ2v) is 10.8. The number of aromatic nitrogens is 3. The van der Waals surface area contributed by atoms with E-state index in [1.165, 1.54) is 4.90 Å². The molecule has 2 rings (SSSR count). The van der Waals surface area contributed by atoms with Crippen LogP contribution >= 0.6 is 69.6 Å². The fraction of sp³-hybridized carbons (Fsp3) is 0.421. The molecule has 180 valence electrons. The largest absolute Gasteiger partial charge is 0.351 e. The molecule has 0 spiro atoms. The van der Waals surface area contributed by atoms with Crippen molar-refractivity contribution in [3.63, 3.8) is 0 Å². The minimum Gasteiger partial charge on any atom is -0.351 e. The van der Waals surface area contributed by atoms with E-state index in [2.05, 4.69) is 15.0 Å². The maximum Gasteiger partial charge on any atom is 0.250 e. The van der Waals surface area contributed by atoms with Crippen LogP contribution in [-0.2, 0) is 26.6 Å². The average molecular weight is 579 g/mol. The summed E-state index contributed by atoms with van der Waals surface area (Å²) in [7, 11) is 0. The van der Waals surface area contributed by atoms with Crippen molar-refractivity contribution >= 4 is 87.9 Å². The summed E-state index contributed by atoms with van der Waals surface area (Å²) in [6.45, 7) is 3.85. The highest BCUT2D eigenvalue weighted by molar-refractivity contribution is 6.67. The molecule has 1 aromatic carbocycles. The first-order valence-electron chi connectivity index (χ1n) is 9.39. The molecule has 2 aromatic rings. The van der Waals surface area contributed by atoms with E-state index in [1.54, 1.807) is 38.1 Å². The first kappa shape index (κ1) is 28.3. The summed E-state index contributed by atoms with van der Waals surface area (Å²) >= 11 is 35.7. The molecule has 8 nitrogen and oxygen atoms in total. The number of hydrogen-bond acceptors (Lipinski definition) is 8. The third-order valence-electron chi connectivity index (χ3n) is 4.00. The van der Waals surface area contributed by atoms with E-state index in [0.717, 1.165) is 0 Å². The Bertz CT molecular complexity index is 920. The molecule has 0 fully saturated rings. The highest BCUT2D eigenvalue weighted by Crippen LogP contribution is 2.41. The molecule has 0 radical (unpaired) electrons. The number of benzene rings is 1. The number of rotatable bonds is 10. The summed E-state index contributed by atoms with van der Waals surface area (Å²) in [6.07, 6.45) is -1.12. The number of aldehydes is 2. The van der Waals surface area contributed by atoms with Gasteiger partial charge in [-0.05, 0) is 26.0 Å². The molecule has 14 heteroatoms. The number of hydrogen-bond donors (Lipinski definition) is 0. The molecule has 33 heavy (non-hydrogen) atoms. The van der Waals surface area contributed by atoms with Crippen molar-refractivity contribution in [3.8, 4) is 11.4 Å². The Balaban J connectivity index is 2.67. The number of alkyl halides is 6. The Morgan fingerprint density at radius 3 is 1.76 bits per heavy atom. The van der Waals surface area contributed by atoms with Gasteiger partial charge in [0.1, 0.15) is 0 Å². The Hall–Kier alpha value is -0.970. The van der Waals surface area contributed by atoms with Gasteiger partial charge in [-0.3, -0.25) is 9.59 Å². The topological polar surface area (TPSA) is 94.5 Å². The number of anilines is 1. The van der Waals surface area contributed by atoms with Gasteiger partial charge in [0.05, 0.1) is 0 Å². The second kappa shape index (κ2) is 12.1. The second-order valence-electron chi connectivity index (χ2n) is 6.22. The van der Waals surface area contributed by atoms with Crippen LogP contribution in [0.5, 0.6) is 0 Å². The van der Waals surface area contributed by atoms with Crippen LogP contribution in [0.4, 0.5) is 5.69 Å². The zero-order valence-corrected chi connectivity index (χ0v) is 21.8. The Morgan fingerprint density at radius 2 is 1.36 bits per heavy atom. The third kappa shape index (κ3) is 7.50. The van der Waals surface area contributed by atoms with Crippen LogP contribution in [0, 0.1) is 0 Å². The summed E-state index contributed by atoms with van der Waals surface area (Å²) in [5.41, 5.74) is 0.767. The van der Waals surface area contributed by atoms with Crippen LogP contribution in [0.1, 0.15) is 25.5 Å². The van der Waals surface area contributed by atoms with E-state index < -0.39 is 20.0 Å². The number of carbonyl (C=O) groups excluding carboxylic acids is 2. The van der Waals surface area contributed by atoms with E-state index in [4.69, 9.17) is 79.1 Å². The SMILES string of the molecule is CCOC(C=O)N(c1cccc(-c2nc(C(Cl)(Cl)Cl)nc(C(Cl)(Cl)Cl)n2)c1)C(C=O)OCC. The van der Waals surface area contributed by atoms with Crippen molar-refractivity contribution in [1.82, 2.24) is 15.0 Å². The van der Waals surface area contributed by atoms with Gasteiger partial charge in [0.15, 0.2) is 42.5 Å². The van der Waals surface area contributed by atoms with E-state index in [-0.39, 0.29) is 30.7 Å². The summed E-state index contributed by atoms with van der Waals surface area (Å²) in [6, 6.07) is 6.48. The first-order valence-corrected chi connectivity index (χ1v) is 11.7. The van der Waals surface area contributed by atoms with Crippen LogP contribution in [0.15, 0.2) is 24.3 Å². The summed E-state index contributed by atoms with van der Waals surface area (Å²) < 4.78 is 6.91. The summed E-state index contributed by atoms with van der Waals surface area (Å²) in [5, 5.41) is 0. The summed E-state index contributed by atoms with van der Waals surface area (Å²) in [5.74, 6) is -0.505. The Morgan fingerprint density at radius 1 is 0.879 bits per heavy atom. The first-order chi connectivity index (χ1) is 15.5. The van der Waals surface area contributed by atoms with Gasteiger partial charge in [-0.1, -0.05) is 81.7 Å². The van der Waals surface area contributed by atoms with Crippen molar-refractivity contribution < 1.29 is 19.1 Å². The molecule has 0 saturated carbocycles. The molecule has 0 bridgehead atoms. The third-order valence-corrected chi connectivity index (χ3v) is 5.02. The van der Waals surface area contributed by atoms with Gasteiger partial charge < -0.3 is 14.4 Å². The van der Waals surface area contributed by atoms with Gasteiger partial charge in [-0.25, -0.2) is 15.0 Å². The van der Waals surface area contributed by atoms with Crippen molar-refractivity contribution in [3.05, 3.63) is 35.9 Å². The molecule has 0 aliphatic rings. The van der Waals surface area contributed by atoms with Crippen molar-refractivity contribution in [2.24, 2.45) is 0 Å². The maximum absolute atomic E-state index is 11.7. The number of ether oxygens (including phenoxy) is 2. The molecular weight excluding hydrogens is 561 g/mol. The van der Waals surface area contributed by atoms with Crippen LogP contribution in [0.2, 0.25) is 0 Å². The van der Waals surface area contributed by atoms with Gasteiger partial charge in [0.25, 0.3) is 0 Å². The highest BCUT2D eigenvalue weighted by atomic mass is 35.6. The molecule has 1 aromatic heterocycles. The van der Waals surface area contributed by atoms with Crippen molar-refractivity contribution in [1.29, 1.82) is 0 Å². The van der Waals surface area contributed by atoms with Gasteiger partial charge in [-0.15, -0.1) is 0 Å². The fourth-order valence-electron chi connectivity index (χ4n) is 2.71. The molecule has 0 aliphatic carbocycles. The molecule has 2 atom stereocenters. The van der Waals surface area contributed by atoms with Crippen molar-refractivity contribution in [2.45, 2.75) is 33.9 Å². The minimum atomic E-state index is -2.03. The molecule has 0 aliphatic heterocycles. The van der Waals surface area contributed by atoms with Crippen LogP contribution in [-0.4, -0.2) is 53.2 Å². The highest BCUT2D eigenvalue weighted by Gasteiger charge is 2.34. The summed E-state index contributed by atoms with van der Waals surface area (Å²) in [4.78, 5) is 37.1. The smallest absolute Gasteiger partial charge is 0.250 e. The normalized spacial score (nSPS) is 13.9. The maximum atomic E-state index is 11.7. The molecule has 0 amide bonds. The lowest BCUT2D eigenvalue weighted by atomic mass is 10.1. The van der Waals surface area contributed by atoms with Gasteiger partial charge in [0.2, 0.25) is 7.59 Å². The van der Waals surface area contributed by atoms with Crippen LogP contribution in [0.25, 0.3) is 11.4 Å². The predicted octanol–water partition coefficient (Wildman–Crippen LogP) is 5.12. The molecule has 2 unspecified atom stereocenters. The molecule has 0 N–H and O–H groups in total. The number of halogens is 6. The zero-order valence-electron chi connectivity index (χ0n) is 17.2. The van der Waals surface area contributed by atoms with Crippen LogP contribution in [0.3, 0.4) is 0 Å². The average Bonchev–Trinajstić information content (AvgIpc) is 2.76. The number of nitrogens with zero attached hydrogens (tertiary/aromatic N) is 4. The standard InChI is InChI=1S/C19H18Cl6N4O4/c1-3-32-13(9-30)29(14(10-31)33-4-2)12-7-5-6-11(8-12)15-26-16(18(20,21)22)28-17(27-15)19(23,24)25/h5-10,13-14H,3-4H2,1-2H3. The fourth-order valence-corrected chi connectivity index (χ4v) is 3.22. The van der Waals surface area contributed by atoms with Crippen LogP contribution < -0.4 is 4.90 Å². The van der Waals surface area contributed by atoms with Gasteiger partial charge in [-0.2, -0.15) is 0 Å². The minimum absolute atomic E-state index is 0.0209. The van der Waals surface area contributed by atoms with E-state index in [0.29, 0.717) is 23.8 Å². The molecular formula is C19H18Cl6N4O4. The molecule has 0 saturated heterocycles. The quantitative estimate of drug-likeness (QED) is 0.218. The Labute approximate surface area is 220 Å². The van der Waals surface area contributed by atoms with Gasteiger partial charge >= 0.3 is 0 Å². The molecule has 1 heterocycles. The Kier molecular flexibility index (Phi) is 10.4.